The zero-order valence-electron chi connectivity index (χ0n) is 23.6. The summed E-state index contributed by atoms with van der Waals surface area (Å²) in [4.78, 5) is 0. The first kappa shape index (κ1) is 34.1. The Balaban J connectivity index is 0.00000596. The molecule has 0 bridgehead atoms. The van der Waals surface area contributed by atoms with Crippen molar-refractivity contribution in [3.05, 3.63) is 81.5 Å². The predicted molar refractivity (Wildman–Crippen MR) is 165 cm³/mol. The Labute approximate surface area is 231 Å². The van der Waals surface area contributed by atoms with Gasteiger partial charge in [-0.1, -0.05) is 109 Å². The fourth-order valence-electron chi connectivity index (χ4n) is 4.23. The second kappa shape index (κ2) is 21.2. The molecule has 1 heterocycles. The number of hydrogen-bond acceptors (Lipinski definition) is 2. The van der Waals surface area contributed by atoms with Gasteiger partial charge in [-0.25, -0.2) is 0 Å². The lowest BCUT2D eigenvalue weighted by Crippen LogP contribution is -2.44. The molecule has 200 valence electrons. The van der Waals surface area contributed by atoms with E-state index in [0.717, 1.165) is 55.6 Å². The molecule has 2 N–H and O–H groups in total. The van der Waals surface area contributed by atoms with Gasteiger partial charge in [-0.05, 0) is 87.9 Å². The number of rotatable bonds is 15. The van der Waals surface area contributed by atoms with Crippen molar-refractivity contribution in [1.82, 2.24) is 5.32 Å². The van der Waals surface area contributed by atoms with E-state index in [9.17, 15) is 5.11 Å². The first-order chi connectivity index (χ1) is 17.4. The summed E-state index contributed by atoms with van der Waals surface area (Å²) in [5, 5.41) is 13.0. The maximum Gasteiger partial charge on any atom is 0.0434 e. The smallest absolute Gasteiger partial charge is 0.0434 e. The van der Waals surface area contributed by atoms with Gasteiger partial charge < -0.3 is 10.4 Å². The fourth-order valence-corrected chi connectivity index (χ4v) is 4.71. The monoisotopic (exact) mass is 555 g/mol. The molecule has 36 heavy (non-hydrogen) atoms. The van der Waals surface area contributed by atoms with Crippen molar-refractivity contribution < 1.29 is 5.11 Å². The maximum atomic E-state index is 9.65. The Morgan fingerprint density at radius 3 is 2.28 bits per heavy atom. The molecule has 1 saturated heterocycles. The highest BCUT2D eigenvalue weighted by molar-refractivity contribution is 9.11. The number of nitrogens with one attached hydrogen (secondary N) is 1. The minimum Gasteiger partial charge on any atom is -0.396 e. The van der Waals surface area contributed by atoms with E-state index in [1.54, 1.807) is 0 Å². The van der Waals surface area contributed by atoms with E-state index in [-0.39, 0.29) is 12.5 Å². The normalized spacial score (nSPS) is 18.2. The van der Waals surface area contributed by atoms with Gasteiger partial charge in [0.25, 0.3) is 0 Å². The zero-order chi connectivity index (χ0) is 27.3. The minimum absolute atomic E-state index is 0.220. The van der Waals surface area contributed by atoms with Gasteiger partial charge in [0, 0.05) is 11.1 Å². The van der Waals surface area contributed by atoms with Crippen LogP contribution in [0.25, 0.3) is 0 Å². The summed E-state index contributed by atoms with van der Waals surface area (Å²) in [6.45, 7) is 15.7. The van der Waals surface area contributed by atoms with E-state index in [1.807, 2.05) is 0 Å². The number of allylic oxidation sites excluding steroid dienone is 14. The van der Waals surface area contributed by atoms with Crippen LogP contribution in [0.15, 0.2) is 81.5 Å². The molecule has 0 aromatic carbocycles. The van der Waals surface area contributed by atoms with Crippen molar-refractivity contribution in [1.29, 1.82) is 0 Å². The molecular weight excluding hydrogens is 506 g/mol. The standard InChI is InChI=1S/C31H48BrNO.C2H2/c1-7-10-14-24(4)21-28(15-11-20-34)31(26(6)17-19-30(32)13-9-3)27(12-8-2)18-16-25(5)29-22-33-23-29;1-2/h7,10,12-14,16-19,25-26,29,33-34H,8-9,11,15,20-23H2,1-6H3;1-2H/b10-7-,18-16-,19-17-,24-14+,27-12+,30-13+,31-28-;. The van der Waals surface area contributed by atoms with Crippen LogP contribution >= 0.6 is 15.9 Å². The quantitative estimate of drug-likeness (QED) is 0.156. The van der Waals surface area contributed by atoms with Crippen molar-refractivity contribution in [3.8, 4) is 12.8 Å². The van der Waals surface area contributed by atoms with E-state index >= 15 is 0 Å². The number of terminal acetylenes is 1. The van der Waals surface area contributed by atoms with Gasteiger partial charge in [0.05, 0.1) is 0 Å². The number of aliphatic hydroxyl groups is 1. The molecule has 0 amide bonds. The lowest BCUT2D eigenvalue weighted by atomic mass is 9.82. The third-order valence-corrected chi connectivity index (χ3v) is 6.94. The van der Waals surface area contributed by atoms with Crippen molar-refractivity contribution in [2.24, 2.45) is 17.8 Å². The van der Waals surface area contributed by atoms with Gasteiger partial charge in [0.15, 0.2) is 0 Å². The van der Waals surface area contributed by atoms with E-state index < -0.39 is 0 Å². The van der Waals surface area contributed by atoms with Crippen LogP contribution in [0, 0.1) is 30.6 Å². The van der Waals surface area contributed by atoms with Gasteiger partial charge >= 0.3 is 0 Å². The van der Waals surface area contributed by atoms with E-state index in [0.29, 0.717) is 5.92 Å². The molecule has 2 unspecified atom stereocenters. The number of hydrogen-bond donors (Lipinski definition) is 2. The molecule has 0 spiro atoms. The lowest BCUT2D eigenvalue weighted by molar-refractivity contribution is 0.286. The van der Waals surface area contributed by atoms with Crippen LogP contribution in [-0.4, -0.2) is 24.8 Å². The van der Waals surface area contributed by atoms with Crippen LogP contribution in [0.3, 0.4) is 0 Å². The third kappa shape index (κ3) is 13.4. The van der Waals surface area contributed by atoms with Crippen molar-refractivity contribution in [3.63, 3.8) is 0 Å². The summed E-state index contributed by atoms with van der Waals surface area (Å²) in [5.41, 5.74) is 5.52. The summed E-state index contributed by atoms with van der Waals surface area (Å²) in [6, 6.07) is 0. The second-order valence-corrected chi connectivity index (χ2v) is 10.3. The van der Waals surface area contributed by atoms with Crippen LogP contribution in [-0.2, 0) is 0 Å². The molecule has 0 radical (unpaired) electrons. The van der Waals surface area contributed by atoms with Crippen LogP contribution in [0.5, 0.6) is 0 Å². The first-order valence-corrected chi connectivity index (χ1v) is 14.2. The third-order valence-electron chi connectivity index (χ3n) is 6.35. The van der Waals surface area contributed by atoms with Gasteiger partial charge in [0.2, 0.25) is 0 Å². The molecule has 1 rings (SSSR count). The highest BCUT2D eigenvalue weighted by Crippen LogP contribution is 2.33. The number of aliphatic hydroxyl groups excluding tert-OH is 1. The van der Waals surface area contributed by atoms with Gasteiger partial charge in [-0.3, -0.25) is 0 Å². The van der Waals surface area contributed by atoms with Crippen molar-refractivity contribution >= 4 is 15.9 Å². The lowest BCUT2D eigenvalue weighted by Gasteiger charge is -2.31. The van der Waals surface area contributed by atoms with Gasteiger partial charge in [-0.15, -0.1) is 12.8 Å². The average molecular weight is 557 g/mol. The molecule has 1 aliphatic rings. The molecule has 0 aromatic heterocycles. The zero-order valence-corrected chi connectivity index (χ0v) is 25.2. The minimum atomic E-state index is 0.220. The molecular formula is C33H50BrNO. The summed E-state index contributed by atoms with van der Waals surface area (Å²) in [6.07, 6.45) is 32.9. The van der Waals surface area contributed by atoms with Crippen molar-refractivity contribution in [2.45, 2.75) is 73.6 Å². The SMILES string of the molecule is C#C.C/C=C\C=C(/C)C\C(CCCO)=C(C(/C=C\C(C)C1CNC1)=C/CC)\C(C)/C=C\C(Br)=C/CC. The number of halogens is 1. The fraction of sp³-hybridized carbons (Fsp3) is 0.515. The van der Waals surface area contributed by atoms with E-state index in [1.165, 1.54) is 22.3 Å². The molecule has 2 atom stereocenters. The summed E-state index contributed by atoms with van der Waals surface area (Å²) in [5.74, 6) is 1.57. The van der Waals surface area contributed by atoms with Crippen LogP contribution in [0.1, 0.15) is 73.6 Å². The van der Waals surface area contributed by atoms with E-state index in [2.05, 4.69) is 130 Å². The molecule has 2 nitrogen and oxygen atoms in total. The highest BCUT2D eigenvalue weighted by atomic mass is 79.9. The first-order valence-electron chi connectivity index (χ1n) is 13.5. The van der Waals surface area contributed by atoms with Crippen molar-refractivity contribution in [2.75, 3.05) is 19.7 Å². The van der Waals surface area contributed by atoms with E-state index in [4.69, 9.17) is 0 Å². The molecule has 0 aromatic rings. The topological polar surface area (TPSA) is 32.3 Å². The maximum absolute atomic E-state index is 9.65. The molecule has 1 aliphatic heterocycles. The Bertz CT molecular complexity index is 846. The molecule has 0 saturated carbocycles. The average Bonchev–Trinajstić information content (AvgIpc) is 2.83. The molecule has 3 heteroatoms. The Hall–Kier alpha value is -1.86. The summed E-state index contributed by atoms with van der Waals surface area (Å²) >= 11 is 3.69. The predicted octanol–water partition coefficient (Wildman–Crippen LogP) is 8.85. The van der Waals surface area contributed by atoms with Crippen LogP contribution in [0.2, 0.25) is 0 Å². The van der Waals surface area contributed by atoms with Gasteiger partial charge in [0.1, 0.15) is 0 Å². The second-order valence-electron chi connectivity index (χ2n) is 9.41. The summed E-state index contributed by atoms with van der Waals surface area (Å²) < 4.78 is 1.13. The Morgan fingerprint density at radius 2 is 1.75 bits per heavy atom. The van der Waals surface area contributed by atoms with Crippen LogP contribution < -0.4 is 5.32 Å². The molecule has 0 aliphatic carbocycles. The summed E-state index contributed by atoms with van der Waals surface area (Å²) in [7, 11) is 0. The largest absolute Gasteiger partial charge is 0.396 e. The van der Waals surface area contributed by atoms with Gasteiger partial charge in [-0.2, -0.15) is 0 Å². The Morgan fingerprint density at radius 1 is 1.08 bits per heavy atom. The molecule has 1 fully saturated rings. The van der Waals surface area contributed by atoms with Crippen LogP contribution in [0.4, 0.5) is 0 Å². The highest BCUT2D eigenvalue weighted by Gasteiger charge is 2.22. The Kier molecular flexibility index (Phi) is 20.1.